The maximum atomic E-state index is 12.0. The second-order valence-electron chi connectivity index (χ2n) is 4.76. The third kappa shape index (κ3) is 2.86. The van der Waals surface area contributed by atoms with Crippen LogP contribution in [0.3, 0.4) is 0 Å². The topological polar surface area (TPSA) is 66.8 Å². The molecule has 0 saturated carbocycles. The average molecular weight is 297 g/mol. The highest BCUT2D eigenvalue weighted by atomic mass is 32.1. The van der Waals surface area contributed by atoms with Crippen LogP contribution in [0.1, 0.15) is 36.1 Å². The second kappa shape index (κ2) is 6.37. The monoisotopic (exact) mass is 297 g/mol. The molecule has 1 N–H and O–H groups in total. The second-order valence-corrected chi connectivity index (χ2v) is 5.96. The third-order valence-corrected chi connectivity index (χ3v) is 4.66. The number of ether oxygens (including phenoxy) is 1. The molecule has 0 bridgehead atoms. The molecule has 0 aliphatic carbocycles. The van der Waals surface area contributed by atoms with Gasteiger partial charge in [0.2, 0.25) is 5.91 Å². The van der Waals surface area contributed by atoms with Gasteiger partial charge in [-0.1, -0.05) is 13.8 Å². The number of aliphatic carboxylic acids is 1. The highest BCUT2D eigenvalue weighted by Gasteiger charge is 2.42. The van der Waals surface area contributed by atoms with E-state index in [9.17, 15) is 14.7 Å². The molecule has 20 heavy (non-hydrogen) atoms. The maximum absolute atomic E-state index is 12.0. The summed E-state index contributed by atoms with van der Waals surface area (Å²) in [6.45, 7) is 4.42. The normalized spacial score (nSPS) is 23.1. The first kappa shape index (κ1) is 15.0. The minimum atomic E-state index is -1.02. The summed E-state index contributed by atoms with van der Waals surface area (Å²) in [5.74, 6) is -1.16. The Hall–Kier alpha value is -1.40. The molecule has 1 aromatic heterocycles. The molecule has 5 nitrogen and oxygen atoms in total. The summed E-state index contributed by atoms with van der Waals surface area (Å²) < 4.78 is 5.25. The van der Waals surface area contributed by atoms with Gasteiger partial charge in [-0.15, -0.1) is 11.3 Å². The van der Waals surface area contributed by atoms with Crippen LogP contribution >= 0.6 is 11.3 Å². The minimum Gasteiger partial charge on any atom is -0.479 e. The summed E-state index contributed by atoms with van der Waals surface area (Å²) in [6, 6.07) is 3.38. The van der Waals surface area contributed by atoms with E-state index >= 15 is 0 Å². The van der Waals surface area contributed by atoms with Crippen molar-refractivity contribution in [1.29, 1.82) is 0 Å². The Labute approximate surface area is 122 Å². The van der Waals surface area contributed by atoms with Crippen LogP contribution in [0.2, 0.25) is 0 Å². The van der Waals surface area contributed by atoms with E-state index in [1.165, 1.54) is 4.88 Å². The predicted molar refractivity (Wildman–Crippen MR) is 75.8 cm³/mol. The van der Waals surface area contributed by atoms with Crippen LogP contribution in [0, 0.1) is 0 Å². The molecule has 0 radical (unpaired) electrons. The van der Waals surface area contributed by atoms with Crippen molar-refractivity contribution >= 4 is 23.2 Å². The molecule has 1 amide bonds. The lowest BCUT2D eigenvalue weighted by Gasteiger charge is -2.38. The molecule has 1 aromatic rings. The third-order valence-electron chi connectivity index (χ3n) is 3.36. The van der Waals surface area contributed by atoms with Crippen LogP contribution in [-0.4, -0.2) is 41.1 Å². The molecule has 110 valence electrons. The van der Waals surface area contributed by atoms with Crippen LogP contribution in [0.5, 0.6) is 0 Å². The number of hydrogen-bond donors (Lipinski definition) is 1. The Bertz CT molecular complexity index is 499. The molecule has 1 aliphatic rings. The van der Waals surface area contributed by atoms with Gasteiger partial charge in [0, 0.05) is 16.3 Å². The number of nitrogens with zero attached hydrogens (tertiary/aromatic N) is 1. The first-order valence-corrected chi connectivity index (χ1v) is 7.62. The number of carboxylic acids is 1. The Morgan fingerprint density at radius 3 is 2.80 bits per heavy atom. The highest BCUT2D eigenvalue weighted by Crippen LogP contribution is 2.35. The van der Waals surface area contributed by atoms with E-state index in [1.807, 2.05) is 19.1 Å². The summed E-state index contributed by atoms with van der Waals surface area (Å²) in [6.07, 6.45) is 0.709. The predicted octanol–water partition coefficient (Wildman–Crippen LogP) is 2.07. The van der Waals surface area contributed by atoms with Crippen molar-refractivity contribution in [3.05, 3.63) is 21.9 Å². The zero-order valence-corrected chi connectivity index (χ0v) is 12.5. The zero-order chi connectivity index (χ0) is 14.7. The molecule has 6 heteroatoms. The van der Waals surface area contributed by atoms with Gasteiger partial charge < -0.3 is 14.7 Å². The Kier molecular flexibility index (Phi) is 4.77. The van der Waals surface area contributed by atoms with Crippen LogP contribution in [0.25, 0.3) is 0 Å². The summed E-state index contributed by atoms with van der Waals surface area (Å²) in [5.41, 5.74) is 0. The summed E-state index contributed by atoms with van der Waals surface area (Å²) in [7, 11) is 0. The standard InChI is InChI=1S/C14H19NO4S/c1-3-7-15-11(16)8-19-13(14(17)18)12(15)10-6-5-9(4-2)20-10/h5-6,12-13H,3-4,7-8H2,1-2H3,(H,17,18). The van der Waals surface area contributed by atoms with E-state index in [0.717, 1.165) is 17.7 Å². The van der Waals surface area contributed by atoms with Crippen molar-refractivity contribution in [3.63, 3.8) is 0 Å². The van der Waals surface area contributed by atoms with Crippen molar-refractivity contribution in [2.75, 3.05) is 13.2 Å². The summed E-state index contributed by atoms with van der Waals surface area (Å²) in [4.78, 5) is 27.1. The average Bonchev–Trinajstić information content (AvgIpc) is 2.89. The lowest BCUT2D eigenvalue weighted by Crippen LogP contribution is -2.51. The number of thiophene rings is 1. The number of carbonyl (C=O) groups excluding carboxylic acids is 1. The van der Waals surface area contributed by atoms with Gasteiger partial charge in [0.25, 0.3) is 0 Å². The van der Waals surface area contributed by atoms with Crippen LogP contribution < -0.4 is 0 Å². The van der Waals surface area contributed by atoms with Gasteiger partial charge in [-0.05, 0) is 25.0 Å². The van der Waals surface area contributed by atoms with E-state index < -0.39 is 18.1 Å². The van der Waals surface area contributed by atoms with Gasteiger partial charge >= 0.3 is 5.97 Å². The molecule has 0 aromatic carbocycles. The van der Waals surface area contributed by atoms with Crippen LogP contribution in [0.4, 0.5) is 0 Å². The molecule has 2 unspecified atom stereocenters. The van der Waals surface area contributed by atoms with E-state index in [1.54, 1.807) is 16.2 Å². The largest absolute Gasteiger partial charge is 0.479 e. The molecule has 1 aliphatic heterocycles. The maximum Gasteiger partial charge on any atom is 0.335 e. The van der Waals surface area contributed by atoms with Gasteiger partial charge in [0.05, 0.1) is 0 Å². The van der Waals surface area contributed by atoms with E-state index in [2.05, 4.69) is 6.92 Å². The lowest BCUT2D eigenvalue weighted by molar-refractivity contribution is -0.173. The number of morpholine rings is 1. The SMILES string of the molecule is CCCN1C(=O)COC(C(=O)O)C1c1ccc(CC)s1. The number of carbonyl (C=O) groups is 2. The van der Waals surface area contributed by atoms with Gasteiger partial charge in [-0.2, -0.15) is 0 Å². The Morgan fingerprint density at radius 1 is 1.50 bits per heavy atom. The van der Waals surface area contributed by atoms with Crippen molar-refractivity contribution < 1.29 is 19.4 Å². The van der Waals surface area contributed by atoms with Crippen molar-refractivity contribution in [1.82, 2.24) is 4.90 Å². The molecule has 2 atom stereocenters. The van der Waals surface area contributed by atoms with Gasteiger partial charge in [-0.25, -0.2) is 4.79 Å². The number of amides is 1. The quantitative estimate of drug-likeness (QED) is 0.903. The zero-order valence-electron chi connectivity index (χ0n) is 11.7. The van der Waals surface area contributed by atoms with Crippen molar-refractivity contribution in [3.8, 4) is 0 Å². The molecule has 1 fully saturated rings. The van der Waals surface area contributed by atoms with Crippen molar-refractivity contribution in [2.45, 2.75) is 38.8 Å². The summed E-state index contributed by atoms with van der Waals surface area (Å²) >= 11 is 1.55. The van der Waals surface area contributed by atoms with E-state index in [-0.39, 0.29) is 12.5 Å². The number of aryl methyl sites for hydroxylation is 1. The van der Waals surface area contributed by atoms with Gasteiger partial charge in [0.15, 0.2) is 6.10 Å². The number of carboxylic acid groups (broad SMARTS) is 1. The lowest BCUT2D eigenvalue weighted by atomic mass is 10.0. The Balaban J connectivity index is 2.37. The van der Waals surface area contributed by atoms with Gasteiger partial charge in [0.1, 0.15) is 12.6 Å². The first-order chi connectivity index (χ1) is 9.58. The molecule has 1 saturated heterocycles. The molecular weight excluding hydrogens is 278 g/mol. The molecule has 2 rings (SSSR count). The van der Waals surface area contributed by atoms with E-state index in [0.29, 0.717) is 6.54 Å². The fourth-order valence-electron chi connectivity index (χ4n) is 2.41. The smallest absolute Gasteiger partial charge is 0.335 e. The highest BCUT2D eigenvalue weighted by molar-refractivity contribution is 7.12. The fraction of sp³-hybridized carbons (Fsp3) is 0.571. The molecular formula is C14H19NO4S. The van der Waals surface area contributed by atoms with Crippen LogP contribution in [0.15, 0.2) is 12.1 Å². The van der Waals surface area contributed by atoms with Crippen molar-refractivity contribution in [2.24, 2.45) is 0 Å². The van der Waals surface area contributed by atoms with E-state index in [4.69, 9.17) is 4.74 Å². The number of rotatable bonds is 5. The van der Waals surface area contributed by atoms with Gasteiger partial charge in [-0.3, -0.25) is 4.79 Å². The molecule has 0 spiro atoms. The Morgan fingerprint density at radius 2 is 2.25 bits per heavy atom. The fourth-order valence-corrected chi connectivity index (χ4v) is 3.50. The summed E-state index contributed by atoms with van der Waals surface area (Å²) in [5, 5.41) is 9.35. The first-order valence-electron chi connectivity index (χ1n) is 6.81. The molecule has 2 heterocycles. The van der Waals surface area contributed by atoms with Crippen LogP contribution in [-0.2, 0) is 20.7 Å². The number of hydrogen-bond acceptors (Lipinski definition) is 4. The minimum absolute atomic E-state index is 0.138.